The first kappa shape index (κ1) is 14.0. The molecule has 2 nitrogen and oxygen atoms in total. The summed E-state index contributed by atoms with van der Waals surface area (Å²) in [4.78, 5) is 5.94. The van der Waals surface area contributed by atoms with E-state index in [1.54, 1.807) is 18.5 Å². The Morgan fingerprint density at radius 3 is 2.55 bits per heavy atom. The van der Waals surface area contributed by atoms with E-state index in [9.17, 15) is 4.39 Å². The van der Waals surface area contributed by atoms with E-state index in [1.807, 2.05) is 36.2 Å². The standard InChI is InChI=1S/C17H17FN2/c1-3-19-13-20(2)12-14-6-4-7-15(10-14)16-8-5-9-17(18)11-16/h3-11,13H,1,12H2,2H3/b19-13-. The molecule has 0 fully saturated rings. The molecule has 0 aliphatic rings. The highest BCUT2D eigenvalue weighted by Crippen LogP contribution is 2.21. The van der Waals surface area contributed by atoms with E-state index in [1.165, 1.54) is 12.3 Å². The molecule has 2 aromatic carbocycles. The van der Waals surface area contributed by atoms with Gasteiger partial charge in [0.1, 0.15) is 5.82 Å². The summed E-state index contributed by atoms with van der Waals surface area (Å²) in [5.74, 6) is -0.219. The summed E-state index contributed by atoms with van der Waals surface area (Å²) in [6, 6.07) is 14.7. The summed E-state index contributed by atoms with van der Waals surface area (Å²) in [7, 11) is 1.95. The normalized spacial score (nSPS) is 10.7. The fourth-order valence-electron chi connectivity index (χ4n) is 2.01. The van der Waals surface area contributed by atoms with Gasteiger partial charge in [0, 0.05) is 19.8 Å². The second-order valence-corrected chi connectivity index (χ2v) is 4.57. The third-order valence-electron chi connectivity index (χ3n) is 2.89. The molecule has 2 rings (SSSR count). The lowest BCUT2D eigenvalue weighted by atomic mass is 10.0. The van der Waals surface area contributed by atoms with Gasteiger partial charge >= 0.3 is 0 Å². The average molecular weight is 268 g/mol. The van der Waals surface area contributed by atoms with Crippen molar-refractivity contribution in [2.75, 3.05) is 7.05 Å². The molecule has 2 aromatic rings. The van der Waals surface area contributed by atoms with E-state index < -0.39 is 0 Å². The van der Waals surface area contributed by atoms with Gasteiger partial charge in [-0.15, -0.1) is 0 Å². The molecule has 102 valence electrons. The van der Waals surface area contributed by atoms with Crippen LogP contribution in [0.3, 0.4) is 0 Å². The number of hydrogen-bond donors (Lipinski definition) is 0. The first-order valence-corrected chi connectivity index (χ1v) is 6.38. The van der Waals surface area contributed by atoms with Gasteiger partial charge in [-0.05, 0) is 34.9 Å². The van der Waals surface area contributed by atoms with Crippen LogP contribution in [0.25, 0.3) is 11.1 Å². The monoisotopic (exact) mass is 268 g/mol. The van der Waals surface area contributed by atoms with Crippen molar-refractivity contribution in [2.24, 2.45) is 4.99 Å². The number of rotatable bonds is 5. The molecule has 0 spiro atoms. The molecule has 0 aliphatic heterocycles. The van der Waals surface area contributed by atoms with Gasteiger partial charge < -0.3 is 4.90 Å². The van der Waals surface area contributed by atoms with E-state index in [0.29, 0.717) is 0 Å². The lowest BCUT2D eigenvalue weighted by Gasteiger charge is -2.13. The highest BCUT2D eigenvalue weighted by molar-refractivity contribution is 5.64. The molecule has 0 saturated carbocycles. The molecule has 0 amide bonds. The van der Waals surface area contributed by atoms with Crippen molar-refractivity contribution in [1.82, 2.24) is 4.90 Å². The minimum absolute atomic E-state index is 0.219. The fourth-order valence-corrected chi connectivity index (χ4v) is 2.01. The third kappa shape index (κ3) is 3.79. The van der Waals surface area contributed by atoms with Gasteiger partial charge in [0.15, 0.2) is 0 Å². The second-order valence-electron chi connectivity index (χ2n) is 4.57. The first-order valence-electron chi connectivity index (χ1n) is 6.38. The van der Waals surface area contributed by atoms with Crippen LogP contribution in [0.2, 0.25) is 0 Å². The molecule has 0 unspecified atom stereocenters. The molecule has 0 heterocycles. The topological polar surface area (TPSA) is 15.6 Å². The van der Waals surface area contributed by atoms with Crippen LogP contribution in [-0.2, 0) is 6.54 Å². The minimum Gasteiger partial charge on any atom is -0.361 e. The van der Waals surface area contributed by atoms with E-state index in [2.05, 4.69) is 17.6 Å². The molecule has 0 bridgehead atoms. The van der Waals surface area contributed by atoms with Crippen molar-refractivity contribution in [2.45, 2.75) is 6.54 Å². The molecule has 0 radical (unpaired) electrons. The Morgan fingerprint density at radius 1 is 1.15 bits per heavy atom. The molecular weight excluding hydrogens is 251 g/mol. The van der Waals surface area contributed by atoms with Gasteiger partial charge in [-0.3, -0.25) is 0 Å². The summed E-state index contributed by atoms with van der Waals surface area (Å²) in [5.41, 5.74) is 3.04. The van der Waals surface area contributed by atoms with Gasteiger partial charge in [-0.25, -0.2) is 9.38 Å². The van der Waals surface area contributed by atoms with E-state index >= 15 is 0 Å². The number of aliphatic imine (C=N–C) groups is 1. The first-order chi connectivity index (χ1) is 9.69. The van der Waals surface area contributed by atoms with Gasteiger partial charge in [0.05, 0.1) is 6.34 Å². The summed E-state index contributed by atoms with van der Waals surface area (Å²) in [6.45, 7) is 4.28. The van der Waals surface area contributed by atoms with Crippen molar-refractivity contribution in [1.29, 1.82) is 0 Å². The van der Waals surface area contributed by atoms with Crippen LogP contribution >= 0.6 is 0 Å². The number of benzene rings is 2. The van der Waals surface area contributed by atoms with Gasteiger partial charge in [0.2, 0.25) is 0 Å². The van der Waals surface area contributed by atoms with Crippen molar-refractivity contribution in [3.8, 4) is 11.1 Å². The Hall–Kier alpha value is -2.42. The molecule has 3 heteroatoms. The van der Waals surface area contributed by atoms with Crippen molar-refractivity contribution >= 4 is 6.34 Å². The Bertz CT molecular complexity index is 620. The van der Waals surface area contributed by atoms with Crippen molar-refractivity contribution in [3.05, 3.63) is 72.7 Å². The largest absolute Gasteiger partial charge is 0.361 e. The van der Waals surface area contributed by atoms with Gasteiger partial charge in [-0.1, -0.05) is 36.9 Å². The SMILES string of the molecule is C=C/N=C\N(C)Cc1cccc(-c2cccc(F)c2)c1. The average Bonchev–Trinajstić information content (AvgIpc) is 2.45. The van der Waals surface area contributed by atoms with E-state index in [4.69, 9.17) is 0 Å². The van der Waals surface area contributed by atoms with E-state index in [0.717, 1.165) is 23.2 Å². The Morgan fingerprint density at radius 2 is 1.85 bits per heavy atom. The zero-order valence-corrected chi connectivity index (χ0v) is 11.5. The maximum Gasteiger partial charge on any atom is 0.123 e. The summed E-state index contributed by atoms with van der Waals surface area (Å²) >= 11 is 0. The van der Waals surface area contributed by atoms with Gasteiger partial charge in [0.25, 0.3) is 0 Å². The number of halogens is 1. The quantitative estimate of drug-likeness (QED) is 0.589. The summed E-state index contributed by atoms with van der Waals surface area (Å²) in [6.07, 6.45) is 3.22. The van der Waals surface area contributed by atoms with E-state index in [-0.39, 0.29) is 5.82 Å². The molecule has 0 N–H and O–H groups in total. The molecular formula is C17H17FN2. The number of hydrogen-bond acceptors (Lipinski definition) is 1. The van der Waals surface area contributed by atoms with Crippen LogP contribution in [-0.4, -0.2) is 18.3 Å². The fraction of sp³-hybridized carbons (Fsp3) is 0.118. The third-order valence-corrected chi connectivity index (χ3v) is 2.89. The number of nitrogens with zero attached hydrogens (tertiary/aromatic N) is 2. The van der Waals surface area contributed by atoms with Crippen LogP contribution in [0.4, 0.5) is 4.39 Å². The minimum atomic E-state index is -0.219. The van der Waals surface area contributed by atoms with Crippen LogP contribution in [0, 0.1) is 5.82 Å². The maximum absolute atomic E-state index is 13.3. The lowest BCUT2D eigenvalue weighted by Crippen LogP contribution is -2.15. The van der Waals surface area contributed by atoms with Crippen molar-refractivity contribution in [3.63, 3.8) is 0 Å². The summed E-state index contributed by atoms with van der Waals surface area (Å²) < 4.78 is 13.3. The van der Waals surface area contributed by atoms with Crippen LogP contribution in [0.5, 0.6) is 0 Å². The molecule has 0 aromatic heterocycles. The van der Waals surface area contributed by atoms with Crippen LogP contribution in [0.15, 0.2) is 66.3 Å². The molecule has 0 saturated heterocycles. The predicted molar refractivity (Wildman–Crippen MR) is 82.0 cm³/mol. The predicted octanol–water partition coefficient (Wildman–Crippen LogP) is 4.10. The lowest BCUT2D eigenvalue weighted by molar-refractivity contribution is 0.516. The zero-order valence-electron chi connectivity index (χ0n) is 11.5. The van der Waals surface area contributed by atoms with Crippen LogP contribution < -0.4 is 0 Å². The van der Waals surface area contributed by atoms with Gasteiger partial charge in [-0.2, -0.15) is 0 Å². The smallest absolute Gasteiger partial charge is 0.123 e. The highest BCUT2D eigenvalue weighted by Gasteiger charge is 2.02. The Kier molecular flexibility index (Phi) is 4.66. The molecule has 0 aliphatic carbocycles. The summed E-state index contributed by atoms with van der Waals surface area (Å²) in [5, 5.41) is 0. The Balaban J connectivity index is 2.20. The zero-order chi connectivity index (χ0) is 14.4. The molecule has 0 atom stereocenters. The highest BCUT2D eigenvalue weighted by atomic mass is 19.1. The van der Waals surface area contributed by atoms with Crippen molar-refractivity contribution < 1.29 is 4.39 Å². The molecule has 20 heavy (non-hydrogen) atoms. The Labute approximate surface area is 118 Å². The van der Waals surface area contributed by atoms with Crippen LogP contribution in [0.1, 0.15) is 5.56 Å². The maximum atomic E-state index is 13.3. The second kappa shape index (κ2) is 6.66.